The zero-order chi connectivity index (χ0) is 12.8. The first-order valence-corrected chi connectivity index (χ1v) is 6.10. The van der Waals surface area contributed by atoms with Gasteiger partial charge in [-0.1, -0.05) is 0 Å². The highest BCUT2D eigenvalue weighted by Crippen LogP contribution is 2.42. The lowest BCUT2D eigenvalue weighted by Gasteiger charge is -2.36. The Balaban J connectivity index is 0.00000133. The number of nitrogens with one attached hydrogen (secondary N) is 1. The second-order valence-electron chi connectivity index (χ2n) is 4.99. The smallest absolute Gasteiger partial charge is 0.254 e. The minimum Gasteiger partial charge on any atom is -0.330 e. The molecule has 0 aromatic heterocycles. The Kier molecular flexibility index (Phi) is 3.78. The topological polar surface area (TPSA) is 32.3 Å². The summed E-state index contributed by atoms with van der Waals surface area (Å²) in [5.74, 6) is -2.10. The van der Waals surface area contributed by atoms with Gasteiger partial charge in [-0.3, -0.25) is 4.79 Å². The number of halogens is 3. The quantitative estimate of drug-likeness (QED) is 0.857. The van der Waals surface area contributed by atoms with Crippen molar-refractivity contribution >= 4 is 18.3 Å². The van der Waals surface area contributed by atoms with E-state index in [4.69, 9.17) is 0 Å². The van der Waals surface area contributed by atoms with Gasteiger partial charge in [-0.2, -0.15) is 0 Å². The van der Waals surface area contributed by atoms with Crippen molar-refractivity contribution in [3.05, 3.63) is 35.4 Å². The predicted octanol–water partition coefficient (Wildman–Crippen LogP) is 1.96. The summed E-state index contributed by atoms with van der Waals surface area (Å²) < 4.78 is 26.0. The summed E-state index contributed by atoms with van der Waals surface area (Å²) in [7, 11) is 0. The fourth-order valence-corrected chi connectivity index (χ4v) is 2.54. The van der Waals surface area contributed by atoms with Crippen molar-refractivity contribution in [3.8, 4) is 0 Å². The number of hydrogen-bond acceptors (Lipinski definition) is 2. The third-order valence-electron chi connectivity index (χ3n) is 3.78. The molecule has 2 aliphatic rings. The van der Waals surface area contributed by atoms with Crippen LogP contribution in [0.5, 0.6) is 0 Å². The Hall–Kier alpha value is -1.20. The minimum absolute atomic E-state index is 0. The molecule has 1 spiro atoms. The Labute approximate surface area is 116 Å². The summed E-state index contributed by atoms with van der Waals surface area (Å²) >= 11 is 0. The molecule has 1 saturated heterocycles. The van der Waals surface area contributed by atoms with Crippen molar-refractivity contribution < 1.29 is 13.6 Å². The summed E-state index contributed by atoms with van der Waals surface area (Å²) in [6.45, 7) is 2.16. The monoisotopic (exact) mass is 288 g/mol. The molecule has 1 aromatic carbocycles. The van der Waals surface area contributed by atoms with Gasteiger partial charge in [-0.25, -0.2) is 8.78 Å². The Morgan fingerprint density at radius 1 is 1.26 bits per heavy atom. The molecule has 3 nitrogen and oxygen atoms in total. The molecule has 1 N–H and O–H groups in total. The predicted molar refractivity (Wildman–Crippen MR) is 69.5 cm³/mol. The van der Waals surface area contributed by atoms with Crippen molar-refractivity contribution in [1.82, 2.24) is 10.2 Å². The average Bonchev–Trinajstić information content (AvgIpc) is 3.13. The van der Waals surface area contributed by atoms with Crippen LogP contribution in [-0.2, 0) is 0 Å². The molecule has 1 aromatic rings. The van der Waals surface area contributed by atoms with Crippen LogP contribution in [0.1, 0.15) is 23.2 Å². The summed E-state index contributed by atoms with van der Waals surface area (Å²) in [5, 5.41) is 3.27. The van der Waals surface area contributed by atoms with E-state index in [0.29, 0.717) is 6.54 Å². The molecule has 1 aliphatic heterocycles. The fraction of sp³-hybridized carbons (Fsp3) is 0.462. The van der Waals surface area contributed by atoms with Gasteiger partial charge in [0.05, 0.1) is 5.54 Å². The van der Waals surface area contributed by atoms with Crippen LogP contribution in [0.3, 0.4) is 0 Å². The van der Waals surface area contributed by atoms with Crippen LogP contribution in [0.4, 0.5) is 8.78 Å². The van der Waals surface area contributed by atoms with Crippen LogP contribution < -0.4 is 5.32 Å². The second-order valence-corrected chi connectivity index (χ2v) is 4.99. The molecule has 0 unspecified atom stereocenters. The molecule has 2 fully saturated rings. The summed E-state index contributed by atoms with van der Waals surface area (Å²) in [5.41, 5.74) is 0.141. The lowest BCUT2D eigenvalue weighted by molar-refractivity contribution is 0.0600. The van der Waals surface area contributed by atoms with Gasteiger partial charge < -0.3 is 10.2 Å². The number of carbonyl (C=O) groups is 1. The molecule has 1 heterocycles. The zero-order valence-corrected chi connectivity index (χ0v) is 11.1. The standard InChI is InChI=1S/C13H14F2N2O.ClH/c14-10-2-1-9(7-11(10)15)12(18)17-6-5-16-8-13(17)3-4-13;/h1-2,7,16H,3-6,8H2;1H. The van der Waals surface area contributed by atoms with Gasteiger partial charge >= 0.3 is 0 Å². The number of amides is 1. The molecule has 3 rings (SSSR count). The van der Waals surface area contributed by atoms with E-state index in [2.05, 4.69) is 5.32 Å². The molecule has 0 radical (unpaired) electrons. The highest BCUT2D eigenvalue weighted by molar-refractivity contribution is 5.95. The van der Waals surface area contributed by atoms with E-state index < -0.39 is 11.6 Å². The molecule has 1 aliphatic carbocycles. The Morgan fingerprint density at radius 2 is 2.00 bits per heavy atom. The molecule has 0 atom stereocenters. The number of carbonyl (C=O) groups excluding carboxylic acids is 1. The van der Waals surface area contributed by atoms with E-state index >= 15 is 0 Å². The van der Waals surface area contributed by atoms with Crippen molar-refractivity contribution in [2.75, 3.05) is 19.6 Å². The van der Waals surface area contributed by atoms with Gasteiger partial charge in [0.2, 0.25) is 0 Å². The van der Waals surface area contributed by atoms with Crippen LogP contribution in [0.25, 0.3) is 0 Å². The SMILES string of the molecule is Cl.O=C(c1ccc(F)c(F)c1)N1CCNCC12CC2. The van der Waals surface area contributed by atoms with Gasteiger partial charge in [0.15, 0.2) is 11.6 Å². The molecule has 104 valence electrons. The van der Waals surface area contributed by atoms with Crippen LogP contribution in [0.15, 0.2) is 18.2 Å². The van der Waals surface area contributed by atoms with Crippen LogP contribution >= 0.6 is 12.4 Å². The number of benzene rings is 1. The van der Waals surface area contributed by atoms with Gasteiger partial charge in [0, 0.05) is 25.2 Å². The van der Waals surface area contributed by atoms with Crippen LogP contribution in [0.2, 0.25) is 0 Å². The molecular formula is C13H15ClF2N2O. The van der Waals surface area contributed by atoms with Crippen molar-refractivity contribution in [1.29, 1.82) is 0 Å². The van der Waals surface area contributed by atoms with Gasteiger partial charge in [0.25, 0.3) is 5.91 Å². The van der Waals surface area contributed by atoms with E-state index in [0.717, 1.165) is 38.1 Å². The maximum Gasteiger partial charge on any atom is 0.254 e. The van der Waals surface area contributed by atoms with E-state index in [1.807, 2.05) is 0 Å². The molecular weight excluding hydrogens is 274 g/mol. The van der Waals surface area contributed by atoms with Gasteiger partial charge in [0.1, 0.15) is 0 Å². The highest BCUT2D eigenvalue weighted by atomic mass is 35.5. The molecule has 0 bridgehead atoms. The van der Waals surface area contributed by atoms with Crippen LogP contribution in [-0.4, -0.2) is 36.0 Å². The first-order valence-electron chi connectivity index (χ1n) is 6.10. The lowest BCUT2D eigenvalue weighted by atomic mass is 10.1. The van der Waals surface area contributed by atoms with E-state index in [-0.39, 0.29) is 29.4 Å². The number of nitrogens with zero attached hydrogens (tertiary/aromatic N) is 1. The third kappa shape index (κ3) is 2.44. The average molecular weight is 289 g/mol. The maximum atomic E-state index is 13.2. The van der Waals surface area contributed by atoms with Crippen LogP contribution in [0, 0.1) is 11.6 Å². The van der Waals surface area contributed by atoms with Gasteiger partial charge in [-0.05, 0) is 31.0 Å². The normalized spacial score (nSPS) is 20.0. The first-order chi connectivity index (χ1) is 8.62. The zero-order valence-electron chi connectivity index (χ0n) is 10.3. The summed E-state index contributed by atoms with van der Waals surface area (Å²) in [4.78, 5) is 14.1. The Morgan fingerprint density at radius 3 is 2.63 bits per heavy atom. The largest absolute Gasteiger partial charge is 0.330 e. The summed E-state index contributed by atoms with van der Waals surface area (Å²) in [6, 6.07) is 3.33. The number of hydrogen-bond donors (Lipinski definition) is 1. The Bertz CT molecular complexity index is 505. The van der Waals surface area contributed by atoms with E-state index in [1.165, 1.54) is 6.07 Å². The second kappa shape index (κ2) is 5.06. The third-order valence-corrected chi connectivity index (χ3v) is 3.78. The minimum atomic E-state index is -0.971. The molecule has 19 heavy (non-hydrogen) atoms. The van der Waals surface area contributed by atoms with Crippen molar-refractivity contribution in [3.63, 3.8) is 0 Å². The fourth-order valence-electron chi connectivity index (χ4n) is 2.54. The highest BCUT2D eigenvalue weighted by Gasteiger charge is 2.51. The molecule has 1 saturated carbocycles. The van der Waals surface area contributed by atoms with Crippen molar-refractivity contribution in [2.24, 2.45) is 0 Å². The maximum absolute atomic E-state index is 13.2. The van der Waals surface area contributed by atoms with E-state index in [1.54, 1.807) is 4.90 Å². The number of rotatable bonds is 1. The van der Waals surface area contributed by atoms with E-state index in [9.17, 15) is 13.6 Å². The number of piperazine rings is 1. The summed E-state index contributed by atoms with van der Waals surface area (Å²) in [6.07, 6.45) is 1.96. The lowest BCUT2D eigenvalue weighted by Crippen LogP contribution is -2.55. The molecule has 1 amide bonds. The van der Waals surface area contributed by atoms with Gasteiger partial charge in [-0.15, -0.1) is 12.4 Å². The van der Waals surface area contributed by atoms with Crippen molar-refractivity contribution in [2.45, 2.75) is 18.4 Å². The first kappa shape index (κ1) is 14.2. The molecule has 6 heteroatoms.